The number of aromatic nitrogens is 3. The van der Waals surface area contributed by atoms with Crippen LogP contribution in [0.4, 0.5) is 15.8 Å². The summed E-state index contributed by atoms with van der Waals surface area (Å²) in [6, 6.07) is 10.4. The maximum Gasteiger partial charge on any atom is 0.255 e. The second-order valence-electron chi connectivity index (χ2n) is 9.06. The Morgan fingerprint density at radius 1 is 1.18 bits per heavy atom. The van der Waals surface area contributed by atoms with E-state index < -0.39 is 0 Å². The summed E-state index contributed by atoms with van der Waals surface area (Å²) in [6.07, 6.45) is 4.85. The number of ether oxygens (including phenoxy) is 1. The molecule has 172 valence electrons. The van der Waals surface area contributed by atoms with Gasteiger partial charge in [0.25, 0.3) is 5.91 Å². The van der Waals surface area contributed by atoms with Gasteiger partial charge in [-0.25, -0.2) is 9.37 Å². The minimum Gasteiger partial charge on any atom is -0.481 e. The summed E-state index contributed by atoms with van der Waals surface area (Å²) in [7, 11) is 1.57. The van der Waals surface area contributed by atoms with Gasteiger partial charge in [-0.15, -0.1) is 0 Å². The average molecular weight is 458 g/mol. The van der Waals surface area contributed by atoms with Crippen LogP contribution in [0.25, 0.3) is 22.3 Å². The van der Waals surface area contributed by atoms with E-state index in [9.17, 15) is 9.18 Å². The number of amides is 1. The Morgan fingerprint density at radius 2 is 2.03 bits per heavy atom. The van der Waals surface area contributed by atoms with Crippen molar-refractivity contribution in [2.24, 2.45) is 0 Å². The molecule has 7 nitrogen and oxygen atoms in total. The van der Waals surface area contributed by atoms with E-state index in [1.807, 2.05) is 18.2 Å². The third kappa shape index (κ3) is 2.98. The van der Waals surface area contributed by atoms with Crippen molar-refractivity contribution in [2.75, 3.05) is 19.0 Å². The molecule has 1 aliphatic carbocycles. The highest BCUT2D eigenvalue weighted by Crippen LogP contribution is 2.50. The molecule has 1 aromatic carbocycles. The molecule has 3 aromatic heterocycles. The number of H-pyrrole nitrogens is 1. The fourth-order valence-corrected chi connectivity index (χ4v) is 5.11. The number of methoxy groups -OCH3 is 1. The van der Waals surface area contributed by atoms with Crippen LogP contribution in [-0.2, 0) is 5.41 Å². The smallest absolute Gasteiger partial charge is 0.255 e. The quantitative estimate of drug-likeness (QED) is 0.402. The molecule has 0 saturated heterocycles. The van der Waals surface area contributed by atoms with E-state index in [4.69, 9.17) is 4.74 Å². The standard InChI is InChI=1S/C26H24FN5O2/c1-14-16(27)5-3-6-17(14)30-23-20-24(26(10-4-11-26)13-29-25(20)33)32-22(23)15-9-12-28-18-7-8-19(34-2)31-21(15)18/h3,5-9,12,30,32H,4,10-11,13H2,1-2H3,(H,29,33). The molecule has 6 rings (SSSR count). The molecule has 0 atom stereocenters. The number of fused-ring (bicyclic) bond motifs is 3. The predicted molar refractivity (Wildman–Crippen MR) is 128 cm³/mol. The Labute approximate surface area is 195 Å². The Kier molecular flexibility index (Phi) is 4.58. The third-order valence-corrected chi connectivity index (χ3v) is 7.22. The molecule has 1 aliphatic heterocycles. The van der Waals surface area contributed by atoms with E-state index in [2.05, 4.69) is 25.6 Å². The second kappa shape index (κ2) is 7.55. The van der Waals surface area contributed by atoms with E-state index in [0.29, 0.717) is 46.0 Å². The molecule has 3 N–H and O–H groups in total. The third-order valence-electron chi connectivity index (χ3n) is 7.22. The van der Waals surface area contributed by atoms with Gasteiger partial charge in [0.15, 0.2) is 0 Å². The SMILES string of the molecule is COc1ccc2nccc(-c3[nH]c4c(c3Nc3cccc(F)c3C)C(=O)NCC43CCC3)c2n1. The average Bonchev–Trinajstić information content (AvgIpc) is 3.20. The number of aromatic amines is 1. The van der Waals surface area contributed by atoms with E-state index in [0.717, 1.165) is 36.2 Å². The van der Waals surface area contributed by atoms with Crippen LogP contribution in [0.1, 0.15) is 40.9 Å². The van der Waals surface area contributed by atoms with Crippen molar-refractivity contribution in [3.63, 3.8) is 0 Å². The highest BCUT2D eigenvalue weighted by Gasteiger charge is 2.47. The van der Waals surface area contributed by atoms with Gasteiger partial charge in [0.1, 0.15) is 11.3 Å². The maximum atomic E-state index is 14.4. The zero-order valence-electron chi connectivity index (χ0n) is 19.0. The molecule has 0 unspecified atom stereocenters. The molecular formula is C26H24FN5O2. The van der Waals surface area contributed by atoms with Gasteiger partial charge in [-0.05, 0) is 44.0 Å². The van der Waals surface area contributed by atoms with Crippen molar-refractivity contribution in [3.8, 4) is 17.1 Å². The Morgan fingerprint density at radius 3 is 2.79 bits per heavy atom. The van der Waals surface area contributed by atoms with Crippen LogP contribution in [0, 0.1) is 12.7 Å². The molecule has 4 heterocycles. The fraction of sp³-hybridized carbons (Fsp3) is 0.269. The van der Waals surface area contributed by atoms with Gasteiger partial charge in [-0.3, -0.25) is 9.78 Å². The topological polar surface area (TPSA) is 91.9 Å². The number of halogens is 1. The van der Waals surface area contributed by atoms with Crippen LogP contribution >= 0.6 is 0 Å². The molecular weight excluding hydrogens is 433 g/mol. The number of carbonyl (C=O) groups is 1. The van der Waals surface area contributed by atoms with Gasteiger partial charge in [-0.2, -0.15) is 0 Å². The molecule has 4 aromatic rings. The van der Waals surface area contributed by atoms with E-state index in [1.165, 1.54) is 6.07 Å². The molecule has 1 saturated carbocycles. The van der Waals surface area contributed by atoms with Crippen molar-refractivity contribution in [1.82, 2.24) is 20.3 Å². The summed E-state index contributed by atoms with van der Waals surface area (Å²) in [5.41, 5.74) is 5.99. The summed E-state index contributed by atoms with van der Waals surface area (Å²) in [6.45, 7) is 2.33. The van der Waals surface area contributed by atoms with Gasteiger partial charge in [0.05, 0.1) is 29.6 Å². The molecule has 0 bridgehead atoms. The van der Waals surface area contributed by atoms with Gasteiger partial charge in [0.2, 0.25) is 5.88 Å². The zero-order chi connectivity index (χ0) is 23.4. The van der Waals surface area contributed by atoms with Gasteiger partial charge in [-0.1, -0.05) is 12.5 Å². The number of hydrogen-bond acceptors (Lipinski definition) is 5. The van der Waals surface area contributed by atoms with Crippen molar-refractivity contribution < 1.29 is 13.9 Å². The number of hydrogen-bond donors (Lipinski definition) is 3. The highest BCUT2D eigenvalue weighted by atomic mass is 19.1. The monoisotopic (exact) mass is 457 g/mol. The Hall–Kier alpha value is -3.94. The zero-order valence-corrected chi connectivity index (χ0v) is 19.0. The van der Waals surface area contributed by atoms with Crippen LogP contribution in [0.2, 0.25) is 0 Å². The number of rotatable bonds is 4. The van der Waals surface area contributed by atoms with Gasteiger partial charge in [0, 0.05) is 46.7 Å². The van der Waals surface area contributed by atoms with Crippen molar-refractivity contribution in [3.05, 3.63) is 65.2 Å². The predicted octanol–water partition coefficient (Wildman–Crippen LogP) is 4.99. The summed E-state index contributed by atoms with van der Waals surface area (Å²) in [5, 5.41) is 6.47. The minimum atomic E-state index is -0.309. The lowest BCUT2D eigenvalue weighted by Crippen LogP contribution is -2.50. The van der Waals surface area contributed by atoms with Gasteiger partial charge >= 0.3 is 0 Å². The minimum absolute atomic E-state index is 0.108. The molecule has 1 amide bonds. The molecule has 34 heavy (non-hydrogen) atoms. The van der Waals surface area contributed by atoms with Gasteiger partial charge < -0.3 is 20.4 Å². The summed E-state index contributed by atoms with van der Waals surface area (Å²) in [5.74, 6) is 0.0221. The first-order chi connectivity index (χ1) is 16.5. The number of benzene rings is 1. The molecule has 8 heteroatoms. The van der Waals surface area contributed by atoms with Crippen LogP contribution in [0.5, 0.6) is 5.88 Å². The van der Waals surface area contributed by atoms with E-state index >= 15 is 0 Å². The summed E-state index contributed by atoms with van der Waals surface area (Å²) >= 11 is 0. The number of nitrogens with one attached hydrogen (secondary N) is 3. The Bertz CT molecular complexity index is 1460. The first kappa shape index (κ1) is 20.7. The number of anilines is 2. The molecule has 0 radical (unpaired) electrons. The number of pyridine rings is 2. The lowest BCUT2D eigenvalue weighted by Gasteiger charge is -2.44. The number of nitrogens with zero attached hydrogens (tertiary/aromatic N) is 2. The number of carbonyl (C=O) groups excluding carboxylic acids is 1. The van der Waals surface area contributed by atoms with Crippen LogP contribution < -0.4 is 15.4 Å². The second-order valence-corrected chi connectivity index (χ2v) is 9.06. The van der Waals surface area contributed by atoms with Crippen LogP contribution in [-0.4, -0.2) is 34.5 Å². The lowest BCUT2D eigenvalue weighted by atomic mass is 9.64. The van der Waals surface area contributed by atoms with Crippen molar-refractivity contribution in [2.45, 2.75) is 31.6 Å². The lowest BCUT2D eigenvalue weighted by molar-refractivity contribution is 0.0894. The van der Waals surface area contributed by atoms with E-state index in [1.54, 1.807) is 32.4 Å². The molecule has 2 aliphatic rings. The van der Waals surface area contributed by atoms with Crippen molar-refractivity contribution >= 4 is 28.3 Å². The summed E-state index contributed by atoms with van der Waals surface area (Å²) in [4.78, 5) is 25.9. The Balaban J connectivity index is 1.63. The normalized spacial score (nSPS) is 16.1. The van der Waals surface area contributed by atoms with Crippen molar-refractivity contribution in [1.29, 1.82) is 0 Å². The molecule has 1 spiro atoms. The van der Waals surface area contributed by atoms with Crippen LogP contribution in [0.15, 0.2) is 42.6 Å². The highest BCUT2D eigenvalue weighted by molar-refractivity contribution is 6.08. The van der Waals surface area contributed by atoms with Crippen LogP contribution in [0.3, 0.4) is 0 Å². The molecule has 1 fully saturated rings. The first-order valence-corrected chi connectivity index (χ1v) is 11.4. The summed E-state index contributed by atoms with van der Waals surface area (Å²) < 4.78 is 19.7. The largest absolute Gasteiger partial charge is 0.481 e. The first-order valence-electron chi connectivity index (χ1n) is 11.4. The maximum absolute atomic E-state index is 14.4. The fourth-order valence-electron chi connectivity index (χ4n) is 5.11. The van der Waals surface area contributed by atoms with E-state index in [-0.39, 0.29) is 17.1 Å².